The highest BCUT2D eigenvalue weighted by atomic mass is 19.4. The van der Waals surface area contributed by atoms with Gasteiger partial charge in [0.25, 0.3) is 0 Å². The second kappa shape index (κ2) is 8.63. The van der Waals surface area contributed by atoms with E-state index in [9.17, 15) is 22.8 Å². The van der Waals surface area contributed by atoms with Crippen LogP contribution >= 0.6 is 0 Å². The lowest BCUT2D eigenvalue weighted by Gasteiger charge is -2.34. The highest BCUT2D eigenvalue weighted by Crippen LogP contribution is 2.29. The van der Waals surface area contributed by atoms with Crippen molar-refractivity contribution in [1.82, 2.24) is 15.1 Å². The van der Waals surface area contributed by atoms with E-state index < -0.39 is 11.7 Å². The predicted octanol–water partition coefficient (Wildman–Crippen LogP) is 3.49. The number of hydrogen-bond donors (Lipinski definition) is 1. The number of urea groups is 1. The molecule has 1 aliphatic heterocycles. The second-order valence-corrected chi connectivity index (χ2v) is 7.25. The molecule has 5 nitrogen and oxygen atoms in total. The summed E-state index contributed by atoms with van der Waals surface area (Å²) >= 11 is 0. The predicted molar refractivity (Wildman–Crippen MR) is 95.9 cm³/mol. The first-order chi connectivity index (χ1) is 12.6. The van der Waals surface area contributed by atoms with Crippen molar-refractivity contribution < 1.29 is 22.8 Å². The maximum Gasteiger partial charge on any atom is 0.416 e. The third-order valence-electron chi connectivity index (χ3n) is 4.68. The van der Waals surface area contributed by atoms with Crippen molar-refractivity contribution in [3.8, 4) is 0 Å². The molecule has 0 aromatic heterocycles. The number of nitrogens with zero attached hydrogens (tertiary/aromatic N) is 2. The molecule has 0 saturated carbocycles. The van der Waals surface area contributed by atoms with Gasteiger partial charge in [0.2, 0.25) is 5.91 Å². The lowest BCUT2D eigenvalue weighted by Crippen LogP contribution is -2.49. The number of rotatable bonds is 4. The smallest absolute Gasteiger partial charge is 0.342 e. The fourth-order valence-corrected chi connectivity index (χ4v) is 3.04. The minimum Gasteiger partial charge on any atom is -0.342 e. The van der Waals surface area contributed by atoms with E-state index in [1.54, 1.807) is 7.05 Å². The molecule has 1 aromatic rings. The Kier molecular flexibility index (Phi) is 6.73. The number of halogens is 3. The highest BCUT2D eigenvalue weighted by molar-refractivity contribution is 5.78. The van der Waals surface area contributed by atoms with Crippen LogP contribution in [-0.2, 0) is 17.5 Å². The van der Waals surface area contributed by atoms with E-state index in [0.29, 0.717) is 31.5 Å². The van der Waals surface area contributed by atoms with Crippen molar-refractivity contribution >= 4 is 11.9 Å². The molecule has 1 saturated heterocycles. The van der Waals surface area contributed by atoms with Crippen LogP contribution < -0.4 is 5.32 Å². The van der Waals surface area contributed by atoms with Gasteiger partial charge in [0, 0.05) is 38.6 Å². The summed E-state index contributed by atoms with van der Waals surface area (Å²) in [6, 6.07) is 4.50. The first-order valence-corrected chi connectivity index (χ1v) is 9.04. The molecule has 0 atom stereocenters. The maximum absolute atomic E-state index is 12.6. The SMILES string of the molecule is CC(C)C(=O)N1CCC(NC(=O)N(C)Cc2ccc(C(F)(F)F)cc2)CC1. The van der Waals surface area contributed by atoms with Gasteiger partial charge >= 0.3 is 12.2 Å². The van der Waals surface area contributed by atoms with E-state index in [0.717, 1.165) is 12.1 Å². The summed E-state index contributed by atoms with van der Waals surface area (Å²) in [6.45, 7) is 5.18. The van der Waals surface area contributed by atoms with E-state index in [2.05, 4.69) is 5.32 Å². The molecule has 0 bridgehead atoms. The van der Waals surface area contributed by atoms with Crippen molar-refractivity contribution in [2.75, 3.05) is 20.1 Å². The van der Waals surface area contributed by atoms with E-state index in [-0.39, 0.29) is 30.4 Å². The van der Waals surface area contributed by atoms with E-state index in [1.165, 1.54) is 17.0 Å². The van der Waals surface area contributed by atoms with Crippen LogP contribution in [0, 0.1) is 5.92 Å². The second-order valence-electron chi connectivity index (χ2n) is 7.25. The van der Waals surface area contributed by atoms with Gasteiger partial charge in [-0.1, -0.05) is 26.0 Å². The van der Waals surface area contributed by atoms with Gasteiger partial charge < -0.3 is 15.1 Å². The Morgan fingerprint density at radius 1 is 1.19 bits per heavy atom. The lowest BCUT2D eigenvalue weighted by molar-refractivity contribution is -0.137. The minimum atomic E-state index is -4.37. The van der Waals surface area contributed by atoms with Crippen LogP contribution in [0.1, 0.15) is 37.8 Å². The fraction of sp³-hybridized carbons (Fsp3) is 0.579. The number of likely N-dealkylation sites (tertiary alicyclic amines) is 1. The number of carbonyl (C=O) groups excluding carboxylic acids is 2. The molecule has 0 unspecified atom stereocenters. The Morgan fingerprint density at radius 3 is 2.22 bits per heavy atom. The lowest BCUT2D eigenvalue weighted by atomic mass is 10.0. The Morgan fingerprint density at radius 2 is 1.74 bits per heavy atom. The van der Waals surface area contributed by atoms with Gasteiger partial charge in [-0.15, -0.1) is 0 Å². The van der Waals surface area contributed by atoms with Crippen LogP contribution in [0.4, 0.5) is 18.0 Å². The maximum atomic E-state index is 12.6. The number of alkyl halides is 3. The van der Waals surface area contributed by atoms with Crippen molar-refractivity contribution in [2.45, 2.75) is 45.5 Å². The van der Waals surface area contributed by atoms with Gasteiger partial charge in [-0.3, -0.25) is 4.79 Å². The number of carbonyl (C=O) groups is 2. The molecule has 1 aliphatic rings. The summed E-state index contributed by atoms with van der Waals surface area (Å²) < 4.78 is 37.8. The van der Waals surface area contributed by atoms with E-state index in [1.807, 2.05) is 18.7 Å². The van der Waals surface area contributed by atoms with Crippen molar-refractivity contribution in [3.05, 3.63) is 35.4 Å². The summed E-state index contributed by atoms with van der Waals surface area (Å²) in [4.78, 5) is 27.6. The summed E-state index contributed by atoms with van der Waals surface area (Å²) in [6.07, 6.45) is -2.98. The van der Waals surface area contributed by atoms with Crippen LogP contribution in [0.3, 0.4) is 0 Å². The molecule has 27 heavy (non-hydrogen) atoms. The van der Waals surface area contributed by atoms with Gasteiger partial charge in [0.15, 0.2) is 0 Å². The molecule has 1 fully saturated rings. The van der Waals surface area contributed by atoms with E-state index in [4.69, 9.17) is 0 Å². The molecule has 8 heteroatoms. The van der Waals surface area contributed by atoms with Crippen molar-refractivity contribution in [2.24, 2.45) is 5.92 Å². The largest absolute Gasteiger partial charge is 0.416 e. The van der Waals surface area contributed by atoms with Crippen molar-refractivity contribution in [1.29, 1.82) is 0 Å². The summed E-state index contributed by atoms with van der Waals surface area (Å²) in [5.41, 5.74) is -0.0842. The molecule has 2 rings (SSSR count). The number of hydrogen-bond acceptors (Lipinski definition) is 2. The third-order valence-corrected chi connectivity index (χ3v) is 4.68. The first-order valence-electron chi connectivity index (χ1n) is 9.04. The molecule has 0 aliphatic carbocycles. The number of nitrogens with one attached hydrogen (secondary N) is 1. The zero-order valence-electron chi connectivity index (χ0n) is 15.8. The Balaban J connectivity index is 1.82. The zero-order chi connectivity index (χ0) is 20.2. The molecule has 1 aromatic carbocycles. The number of piperidine rings is 1. The average Bonchev–Trinajstić information content (AvgIpc) is 2.61. The standard InChI is InChI=1S/C19H26F3N3O2/c1-13(2)17(26)25-10-8-16(9-11-25)23-18(27)24(3)12-14-4-6-15(7-5-14)19(20,21)22/h4-7,13,16H,8-12H2,1-3H3,(H,23,27). The molecule has 1 N–H and O–H groups in total. The molecule has 1 heterocycles. The topological polar surface area (TPSA) is 52.7 Å². The average molecular weight is 385 g/mol. The van der Waals surface area contributed by atoms with Gasteiger partial charge in [-0.2, -0.15) is 13.2 Å². The number of amides is 3. The zero-order valence-corrected chi connectivity index (χ0v) is 15.8. The fourth-order valence-electron chi connectivity index (χ4n) is 3.04. The first kappa shape index (κ1) is 21.1. The quantitative estimate of drug-likeness (QED) is 0.863. The van der Waals surface area contributed by atoms with Gasteiger partial charge in [0.1, 0.15) is 0 Å². The summed E-state index contributed by atoms with van der Waals surface area (Å²) in [5.74, 6) is 0.0882. The van der Waals surface area contributed by atoms with Gasteiger partial charge in [-0.05, 0) is 30.5 Å². The van der Waals surface area contributed by atoms with Crippen LogP contribution in [0.2, 0.25) is 0 Å². The van der Waals surface area contributed by atoms with Gasteiger partial charge in [-0.25, -0.2) is 4.79 Å². The molecule has 0 spiro atoms. The molecular formula is C19H26F3N3O2. The highest BCUT2D eigenvalue weighted by Gasteiger charge is 2.30. The molecule has 0 radical (unpaired) electrons. The summed E-state index contributed by atoms with van der Waals surface area (Å²) in [7, 11) is 1.60. The third kappa shape index (κ3) is 5.87. The van der Waals surface area contributed by atoms with Crippen LogP contribution in [0.5, 0.6) is 0 Å². The van der Waals surface area contributed by atoms with Crippen LogP contribution in [0.15, 0.2) is 24.3 Å². The summed E-state index contributed by atoms with van der Waals surface area (Å²) in [5, 5.41) is 2.93. The Labute approximate surface area is 157 Å². The van der Waals surface area contributed by atoms with Crippen LogP contribution in [-0.4, -0.2) is 47.9 Å². The normalized spacial score (nSPS) is 15.7. The van der Waals surface area contributed by atoms with Crippen molar-refractivity contribution in [3.63, 3.8) is 0 Å². The molecular weight excluding hydrogens is 359 g/mol. The Hall–Kier alpha value is -2.25. The minimum absolute atomic E-state index is 0.0104. The number of benzene rings is 1. The van der Waals surface area contributed by atoms with E-state index >= 15 is 0 Å². The monoisotopic (exact) mass is 385 g/mol. The van der Waals surface area contributed by atoms with Crippen LogP contribution in [0.25, 0.3) is 0 Å². The molecule has 3 amide bonds. The van der Waals surface area contributed by atoms with Gasteiger partial charge in [0.05, 0.1) is 5.56 Å². The molecule has 150 valence electrons. The Bertz CT molecular complexity index is 651.